The van der Waals surface area contributed by atoms with Crippen LogP contribution in [-0.4, -0.2) is 54.6 Å². The van der Waals surface area contributed by atoms with Gasteiger partial charge in [-0.2, -0.15) is 0 Å². The Kier molecular flexibility index (Phi) is 6.68. The fourth-order valence-electron chi connectivity index (χ4n) is 2.17. The van der Waals surface area contributed by atoms with E-state index in [9.17, 15) is 4.79 Å². The van der Waals surface area contributed by atoms with Crippen LogP contribution in [0.15, 0.2) is 18.2 Å². The molecule has 0 heterocycles. The van der Waals surface area contributed by atoms with Crippen molar-refractivity contribution in [3.8, 4) is 0 Å². The molecule has 1 N–H and O–H groups in total. The van der Waals surface area contributed by atoms with Gasteiger partial charge in [-0.3, -0.25) is 4.90 Å². The summed E-state index contributed by atoms with van der Waals surface area (Å²) in [5, 5.41) is 9.00. The van der Waals surface area contributed by atoms with Crippen molar-refractivity contribution >= 4 is 5.97 Å². The van der Waals surface area contributed by atoms with E-state index in [2.05, 4.69) is 30.8 Å². The molecule has 0 aliphatic heterocycles. The molecule has 0 fully saturated rings. The van der Waals surface area contributed by atoms with Crippen LogP contribution in [-0.2, 0) is 6.54 Å². The minimum absolute atomic E-state index is 0.363. The van der Waals surface area contributed by atoms with Gasteiger partial charge < -0.3 is 10.0 Å². The lowest BCUT2D eigenvalue weighted by Gasteiger charge is -2.24. The maximum absolute atomic E-state index is 11.0. The highest BCUT2D eigenvalue weighted by molar-refractivity contribution is 5.87. The Morgan fingerprint density at radius 3 is 2.40 bits per heavy atom. The first kappa shape index (κ1) is 16.7. The second kappa shape index (κ2) is 8.02. The summed E-state index contributed by atoms with van der Waals surface area (Å²) in [6, 6.07) is 5.39. The number of hydrogen-bond acceptors (Lipinski definition) is 3. The summed E-state index contributed by atoms with van der Waals surface area (Å²) in [7, 11) is 4.16. The van der Waals surface area contributed by atoms with E-state index >= 15 is 0 Å². The van der Waals surface area contributed by atoms with Crippen LogP contribution in [0.4, 0.5) is 0 Å². The molecule has 0 bridgehead atoms. The Balaban J connectivity index is 2.74. The molecule has 0 aliphatic rings. The third-order valence-corrected chi connectivity index (χ3v) is 3.39. The van der Waals surface area contributed by atoms with Crippen molar-refractivity contribution in [2.45, 2.75) is 26.8 Å². The molecule has 1 aromatic rings. The van der Waals surface area contributed by atoms with E-state index in [0.29, 0.717) is 5.56 Å². The smallest absolute Gasteiger partial charge is 0.335 e. The maximum atomic E-state index is 11.0. The maximum Gasteiger partial charge on any atom is 0.335 e. The lowest BCUT2D eigenvalue weighted by atomic mass is 10.0. The first-order chi connectivity index (χ1) is 9.43. The van der Waals surface area contributed by atoms with Crippen LogP contribution in [0.1, 0.15) is 34.8 Å². The molecule has 0 aliphatic carbocycles. The molecule has 0 saturated carbocycles. The number of likely N-dealkylation sites (N-methyl/N-ethyl adjacent to an activating group) is 1. The quantitative estimate of drug-likeness (QED) is 0.793. The van der Waals surface area contributed by atoms with E-state index in [1.165, 1.54) is 5.56 Å². The summed E-state index contributed by atoms with van der Waals surface area (Å²) in [5.74, 6) is -0.863. The Morgan fingerprint density at radius 1 is 1.20 bits per heavy atom. The molecule has 1 rings (SSSR count). The van der Waals surface area contributed by atoms with Gasteiger partial charge in [0.15, 0.2) is 0 Å². The van der Waals surface area contributed by atoms with Crippen molar-refractivity contribution < 1.29 is 9.90 Å². The van der Waals surface area contributed by atoms with Crippen LogP contribution in [0.3, 0.4) is 0 Å². The Bertz CT molecular complexity index is 444. The zero-order chi connectivity index (χ0) is 15.1. The third-order valence-electron chi connectivity index (χ3n) is 3.39. The van der Waals surface area contributed by atoms with Crippen LogP contribution in [0.25, 0.3) is 0 Å². The van der Waals surface area contributed by atoms with Crippen molar-refractivity contribution in [3.05, 3.63) is 34.9 Å². The lowest BCUT2D eigenvalue weighted by molar-refractivity contribution is 0.0696. The molecule has 0 aromatic heterocycles. The summed E-state index contributed by atoms with van der Waals surface area (Å²) in [6.07, 6.45) is 1.12. The Hall–Kier alpha value is -1.39. The van der Waals surface area contributed by atoms with E-state index in [-0.39, 0.29) is 0 Å². The summed E-state index contributed by atoms with van der Waals surface area (Å²) >= 11 is 0. The van der Waals surface area contributed by atoms with Gasteiger partial charge in [0, 0.05) is 19.6 Å². The Labute approximate surface area is 122 Å². The number of carboxylic acid groups (broad SMARTS) is 1. The molecule has 0 radical (unpaired) electrons. The van der Waals surface area contributed by atoms with Gasteiger partial charge >= 0.3 is 5.97 Å². The summed E-state index contributed by atoms with van der Waals surface area (Å²) < 4.78 is 0. The highest BCUT2D eigenvalue weighted by Crippen LogP contribution is 2.14. The molecule has 1 aromatic carbocycles. The van der Waals surface area contributed by atoms with Crippen LogP contribution in [0.2, 0.25) is 0 Å². The van der Waals surface area contributed by atoms with Crippen molar-refractivity contribution in [3.63, 3.8) is 0 Å². The normalized spacial score (nSPS) is 11.3. The average molecular weight is 278 g/mol. The SMILES string of the molecule is CCCN(CCN(C)C)Cc1ccc(C(=O)O)cc1C. The topological polar surface area (TPSA) is 43.8 Å². The van der Waals surface area contributed by atoms with Gasteiger partial charge in [-0.05, 0) is 57.2 Å². The van der Waals surface area contributed by atoms with Gasteiger partial charge in [0.2, 0.25) is 0 Å². The van der Waals surface area contributed by atoms with Crippen LogP contribution in [0.5, 0.6) is 0 Å². The zero-order valence-corrected chi connectivity index (χ0v) is 13.0. The van der Waals surface area contributed by atoms with Crippen molar-refractivity contribution in [2.75, 3.05) is 33.7 Å². The van der Waals surface area contributed by atoms with Gasteiger partial charge in [0.1, 0.15) is 0 Å². The second-order valence-corrected chi connectivity index (χ2v) is 5.53. The number of rotatable bonds is 8. The molecule has 0 spiro atoms. The number of carbonyl (C=O) groups is 1. The predicted octanol–water partition coefficient (Wildman–Crippen LogP) is 2.47. The Morgan fingerprint density at radius 2 is 1.90 bits per heavy atom. The number of hydrogen-bond donors (Lipinski definition) is 1. The zero-order valence-electron chi connectivity index (χ0n) is 13.0. The highest BCUT2D eigenvalue weighted by Gasteiger charge is 2.10. The van der Waals surface area contributed by atoms with E-state index in [4.69, 9.17) is 5.11 Å². The molecule has 0 saturated heterocycles. The first-order valence-electron chi connectivity index (χ1n) is 7.14. The molecule has 20 heavy (non-hydrogen) atoms. The van der Waals surface area contributed by atoms with Crippen molar-refractivity contribution in [2.24, 2.45) is 0 Å². The molecule has 4 heteroatoms. The summed E-state index contributed by atoms with van der Waals surface area (Å²) in [5.41, 5.74) is 2.62. The molecule has 0 amide bonds. The van der Waals surface area contributed by atoms with E-state index in [1.54, 1.807) is 12.1 Å². The lowest BCUT2D eigenvalue weighted by Crippen LogP contribution is -2.32. The minimum Gasteiger partial charge on any atom is -0.478 e. The minimum atomic E-state index is -0.863. The van der Waals surface area contributed by atoms with Crippen molar-refractivity contribution in [1.29, 1.82) is 0 Å². The van der Waals surface area contributed by atoms with Gasteiger partial charge in [-0.25, -0.2) is 4.79 Å². The fourth-order valence-corrected chi connectivity index (χ4v) is 2.17. The fraction of sp³-hybridized carbons (Fsp3) is 0.562. The molecule has 0 unspecified atom stereocenters. The summed E-state index contributed by atoms with van der Waals surface area (Å²) in [6.45, 7) is 8.18. The highest BCUT2D eigenvalue weighted by atomic mass is 16.4. The number of aryl methyl sites for hydroxylation is 1. The predicted molar refractivity (Wildman–Crippen MR) is 82.3 cm³/mol. The third kappa shape index (κ3) is 5.31. The summed E-state index contributed by atoms with van der Waals surface area (Å²) in [4.78, 5) is 15.6. The van der Waals surface area contributed by atoms with E-state index < -0.39 is 5.97 Å². The van der Waals surface area contributed by atoms with Gasteiger partial charge in [-0.1, -0.05) is 13.0 Å². The first-order valence-corrected chi connectivity index (χ1v) is 7.14. The van der Waals surface area contributed by atoms with Crippen LogP contribution in [0, 0.1) is 6.92 Å². The molecule has 112 valence electrons. The van der Waals surface area contributed by atoms with E-state index in [0.717, 1.165) is 38.2 Å². The van der Waals surface area contributed by atoms with Gasteiger partial charge in [-0.15, -0.1) is 0 Å². The standard InChI is InChI=1S/C16H26N2O2/c1-5-8-18(10-9-17(3)4)12-15-7-6-14(16(19)20)11-13(15)2/h6-7,11H,5,8-10,12H2,1-4H3,(H,19,20). The number of nitrogens with zero attached hydrogens (tertiary/aromatic N) is 2. The van der Waals surface area contributed by atoms with Crippen LogP contribution >= 0.6 is 0 Å². The van der Waals surface area contributed by atoms with Crippen LogP contribution < -0.4 is 0 Å². The molecule has 4 nitrogen and oxygen atoms in total. The molecular weight excluding hydrogens is 252 g/mol. The van der Waals surface area contributed by atoms with Crippen molar-refractivity contribution in [1.82, 2.24) is 9.80 Å². The number of aromatic carboxylic acids is 1. The average Bonchev–Trinajstić information content (AvgIpc) is 2.38. The monoisotopic (exact) mass is 278 g/mol. The van der Waals surface area contributed by atoms with Gasteiger partial charge in [0.05, 0.1) is 5.56 Å². The second-order valence-electron chi connectivity index (χ2n) is 5.53. The molecule has 0 atom stereocenters. The number of benzene rings is 1. The van der Waals surface area contributed by atoms with E-state index in [1.807, 2.05) is 13.0 Å². The molecular formula is C16H26N2O2. The number of carboxylic acids is 1. The van der Waals surface area contributed by atoms with Gasteiger partial charge in [0.25, 0.3) is 0 Å². The largest absolute Gasteiger partial charge is 0.478 e.